The highest BCUT2D eigenvalue weighted by Crippen LogP contribution is 2.29. The highest BCUT2D eigenvalue weighted by Gasteiger charge is 2.21. The first-order valence-corrected chi connectivity index (χ1v) is 11.3. The molecule has 158 valence electrons. The van der Waals surface area contributed by atoms with Gasteiger partial charge in [-0.1, -0.05) is 29.3 Å². The summed E-state index contributed by atoms with van der Waals surface area (Å²) in [7, 11) is -2.06. The van der Waals surface area contributed by atoms with Gasteiger partial charge in [-0.05, 0) is 55.8 Å². The van der Waals surface area contributed by atoms with Gasteiger partial charge in [-0.3, -0.25) is 4.79 Å². The van der Waals surface area contributed by atoms with E-state index in [1.165, 1.54) is 17.0 Å². The predicted molar refractivity (Wildman–Crippen MR) is 115 cm³/mol. The molecule has 2 aromatic rings. The molecule has 0 aliphatic heterocycles. The van der Waals surface area contributed by atoms with Crippen molar-refractivity contribution in [2.24, 2.45) is 0 Å². The fourth-order valence-electron chi connectivity index (χ4n) is 2.70. The van der Waals surface area contributed by atoms with Crippen LogP contribution in [0, 0.1) is 0 Å². The van der Waals surface area contributed by atoms with Crippen LogP contribution in [0.15, 0.2) is 47.4 Å². The maximum absolute atomic E-state index is 12.5. The van der Waals surface area contributed by atoms with Gasteiger partial charge in [0.25, 0.3) is 0 Å². The van der Waals surface area contributed by atoms with Crippen LogP contribution >= 0.6 is 23.2 Å². The lowest BCUT2D eigenvalue weighted by atomic mass is 10.1. The number of rotatable bonds is 9. The summed E-state index contributed by atoms with van der Waals surface area (Å²) in [5, 5.41) is 0.990. The summed E-state index contributed by atoms with van der Waals surface area (Å²) >= 11 is 12.1. The van der Waals surface area contributed by atoms with Crippen molar-refractivity contribution >= 4 is 39.1 Å². The number of halogens is 2. The molecule has 2 aromatic carbocycles. The molecule has 2 rings (SSSR count). The number of carbonyl (C=O) groups is 1. The van der Waals surface area contributed by atoms with E-state index < -0.39 is 10.0 Å². The molecule has 1 unspecified atom stereocenters. The number of hydrogen-bond acceptors (Lipinski definition) is 4. The summed E-state index contributed by atoms with van der Waals surface area (Å²) < 4.78 is 32.5. The summed E-state index contributed by atoms with van der Waals surface area (Å²) in [6.07, 6.45) is 0.0162. The van der Waals surface area contributed by atoms with Gasteiger partial charge in [0.15, 0.2) is 0 Å². The summed E-state index contributed by atoms with van der Waals surface area (Å²) in [5.41, 5.74) is 0.766. The molecule has 0 radical (unpaired) electrons. The van der Waals surface area contributed by atoms with Crippen LogP contribution in [0.1, 0.15) is 31.9 Å². The molecule has 1 N–H and O–H groups in total. The Labute approximate surface area is 181 Å². The van der Waals surface area contributed by atoms with Gasteiger partial charge in [0.2, 0.25) is 15.9 Å². The molecule has 0 bridgehead atoms. The van der Waals surface area contributed by atoms with Gasteiger partial charge < -0.3 is 9.64 Å². The van der Waals surface area contributed by atoms with Crippen LogP contribution in [-0.4, -0.2) is 39.4 Å². The van der Waals surface area contributed by atoms with E-state index in [1.54, 1.807) is 37.4 Å². The highest BCUT2D eigenvalue weighted by atomic mass is 35.5. The van der Waals surface area contributed by atoms with Gasteiger partial charge in [-0.25, -0.2) is 13.1 Å². The van der Waals surface area contributed by atoms with Crippen molar-refractivity contribution < 1.29 is 17.9 Å². The molecule has 0 aromatic heterocycles. The molecule has 9 heteroatoms. The van der Waals surface area contributed by atoms with E-state index in [4.69, 9.17) is 27.9 Å². The van der Waals surface area contributed by atoms with Gasteiger partial charge in [-0.15, -0.1) is 0 Å². The summed E-state index contributed by atoms with van der Waals surface area (Å²) in [6.45, 7) is 4.18. The second-order valence-electron chi connectivity index (χ2n) is 6.40. The van der Waals surface area contributed by atoms with E-state index in [0.717, 1.165) is 5.56 Å². The minimum atomic E-state index is -3.71. The number of carbonyl (C=O) groups excluding carboxylic acids is 1. The van der Waals surface area contributed by atoms with Gasteiger partial charge in [0, 0.05) is 30.1 Å². The third-order valence-electron chi connectivity index (χ3n) is 4.46. The van der Waals surface area contributed by atoms with Crippen molar-refractivity contribution in [1.29, 1.82) is 0 Å². The summed E-state index contributed by atoms with van der Waals surface area (Å²) in [5.74, 6) is 0.385. The van der Waals surface area contributed by atoms with Crippen LogP contribution < -0.4 is 9.46 Å². The monoisotopic (exact) mass is 458 g/mol. The molecule has 0 fully saturated rings. The molecule has 0 aliphatic carbocycles. The van der Waals surface area contributed by atoms with E-state index >= 15 is 0 Å². The van der Waals surface area contributed by atoms with Crippen molar-refractivity contribution in [1.82, 2.24) is 9.62 Å². The Morgan fingerprint density at radius 3 is 2.41 bits per heavy atom. The van der Waals surface area contributed by atoms with Crippen LogP contribution in [0.2, 0.25) is 10.0 Å². The van der Waals surface area contributed by atoms with E-state index in [0.29, 0.717) is 22.4 Å². The summed E-state index contributed by atoms with van der Waals surface area (Å²) in [6, 6.07) is 10.9. The maximum atomic E-state index is 12.5. The molecule has 1 amide bonds. The topological polar surface area (TPSA) is 75.7 Å². The molecular weight excluding hydrogens is 435 g/mol. The second-order valence-corrected chi connectivity index (χ2v) is 9.01. The predicted octanol–water partition coefficient (Wildman–Crippen LogP) is 4.28. The fourth-order valence-corrected chi connectivity index (χ4v) is 4.30. The van der Waals surface area contributed by atoms with Crippen LogP contribution in [0.4, 0.5) is 0 Å². The molecule has 0 spiro atoms. The Kier molecular flexibility index (Phi) is 8.34. The lowest BCUT2D eigenvalue weighted by Gasteiger charge is -2.26. The third kappa shape index (κ3) is 6.34. The Morgan fingerprint density at radius 1 is 1.17 bits per heavy atom. The zero-order chi connectivity index (χ0) is 21.6. The van der Waals surface area contributed by atoms with Gasteiger partial charge in [0.05, 0.1) is 17.5 Å². The second kappa shape index (κ2) is 10.3. The van der Waals surface area contributed by atoms with Crippen molar-refractivity contribution in [3.63, 3.8) is 0 Å². The molecular formula is C20H24Cl2N2O4S. The number of sulfonamides is 1. The fraction of sp³-hybridized carbons (Fsp3) is 0.350. The molecule has 0 heterocycles. The van der Waals surface area contributed by atoms with E-state index in [-0.39, 0.29) is 29.8 Å². The van der Waals surface area contributed by atoms with E-state index in [2.05, 4.69) is 4.72 Å². The number of ether oxygens (including phenoxy) is 1. The standard InChI is InChI=1S/C20H24Cl2N2O4S/c1-4-28-16-6-8-17(9-7-16)29(26,27)23-12-11-20(25)24(3)14(2)18-10-5-15(21)13-19(18)22/h5-10,13-14,23H,4,11-12H2,1-3H3. The minimum absolute atomic E-state index is 0.0141. The Morgan fingerprint density at radius 2 is 1.83 bits per heavy atom. The van der Waals surface area contributed by atoms with Crippen molar-refractivity contribution in [2.45, 2.75) is 31.2 Å². The van der Waals surface area contributed by atoms with Crippen LogP contribution in [0.5, 0.6) is 5.75 Å². The first-order valence-electron chi connectivity index (χ1n) is 9.09. The van der Waals surface area contributed by atoms with Crippen LogP contribution in [0.25, 0.3) is 0 Å². The van der Waals surface area contributed by atoms with Crippen molar-refractivity contribution in [3.8, 4) is 5.75 Å². The Bertz CT molecular complexity index is 949. The average molecular weight is 459 g/mol. The first-order chi connectivity index (χ1) is 13.7. The maximum Gasteiger partial charge on any atom is 0.240 e. The number of amides is 1. The molecule has 6 nitrogen and oxygen atoms in total. The van der Waals surface area contributed by atoms with Crippen molar-refractivity contribution in [2.75, 3.05) is 20.2 Å². The molecule has 29 heavy (non-hydrogen) atoms. The zero-order valence-electron chi connectivity index (χ0n) is 16.5. The summed E-state index contributed by atoms with van der Waals surface area (Å²) in [4.78, 5) is 14.1. The minimum Gasteiger partial charge on any atom is -0.494 e. The largest absolute Gasteiger partial charge is 0.494 e. The lowest BCUT2D eigenvalue weighted by molar-refractivity contribution is -0.131. The number of benzene rings is 2. The Hall–Kier alpha value is -1.80. The smallest absolute Gasteiger partial charge is 0.240 e. The first kappa shape index (κ1) is 23.5. The van der Waals surface area contributed by atoms with Crippen LogP contribution in [0.3, 0.4) is 0 Å². The van der Waals surface area contributed by atoms with E-state index in [9.17, 15) is 13.2 Å². The van der Waals surface area contributed by atoms with Gasteiger partial charge in [-0.2, -0.15) is 0 Å². The molecule has 0 aliphatic rings. The van der Waals surface area contributed by atoms with Crippen LogP contribution in [-0.2, 0) is 14.8 Å². The molecule has 0 saturated carbocycles. The SMILES string of the molecule is CCOc1ccc(S(=O)(=O)NCCC(=O)N(C)C(C)c2ccc(Cl)cc2Cl)cc1. The Balaban J connectivity index is 1.93. The number of nitrogens with one attached hydrogen (secondary N) is 1. The van der Waals surface area contributed by atoms with Crippen molar-refractivity contribution in [3.05, 3.63) is 58.1 Å². The van der Waals surface area contributed by atoms with Gasteiger partial charge in [0.1, 0.15) is 5.75 Å². The zero-order valence-corrected chi connectivity index (χ0v) is 18.8. The number of nitrogens with zero attached hydrogens (tertiary/aromatic N) is 1. The third-order valence-corrected chi connectivity index (χ3v) is 6.50. The molecule has 0 saturated heterocycles. The van der Waals surface area contributed by atoms with E-state index in [1.807, 2.05) is 13.8 Å². The lowest BCUT2D eigenvalue weighted by Crippen LogP contribution is -2.33. The quantitative estimate of drug-likeness (QED) is 0.608. The van der Waals surface area contributed by atoms with Gasteiger partial charge >= 0.3 is 0 Å². The number of hydrogen-bond donors (Lipinski definition) is 1. The highest BCUT2D eigenvalue weighted by molar-refractivity contribution is 7.89. The average Bonchev–Trinajstić information content (AvgIpc) is 2.67. The normalized spacial score (nSPS) is 12.4. The molecule has 1 atom stereocenters.